The lowest BCUT2D eigenvalue weighted by atomic mass is 9.87. The first kappa shape index (κ1) is 16.5. The number of carbonyl (C=O) groups is 1. The summed E-state index contributed by atoms with van der Waals surface area (Å²) < 4.78 is 27.0. The fourth-order valence-electron chi connectivity index (χ4n) is 2.85. The predicted octanol–water partition coefficient (Wildman–Crippen LogP) is 4.60. The molecule has 0 bridgehead atoms. The molecule has 1 aromatic carbocycles. The van der Waals surface area contributed by atoms with E-state index >= 15 is 0 Å². The van der Waals surface area contributed by atoms with E-state index < -0.39 is 23.2 Å². The Kier molecular flexibility index (Phi) is 5.92. The maximum atomic E-state index is 13.5. The number of carboxylic acid groups (broad SMARTS) is 1. The van der Waals surface area contributed by atoms with E-state index in [0.717, 1.165) is 24.5 Å². The Balaban J connectivity index is 1.82. The van der Waals surface area contributed by atoms with Crippen LogP contribution in [0.4, 0.5) is 14.5 Å². The molecular weight excluding hydrogens is 288 g/mol. The first-order chi connectivity index (χ1) is 10.6. The van der Waals surface area contributed by atoms with Crippen molar-refractivity contribution in [2.45, 2.75) is 38.5 Å². The fraction of sp³-hybridized carbons (Fsp3) is 0.471. The average molecular weight is 309 g/mol. The van der Waals surface area contributed by atoms with Gasteiger partial charge < -0.3 is 10.4 Å². The molecule has 1 aromatic rings. The van der Waals surface area contributed by atoms with Gasteiger partial charge in [0.15, 0.2) is 0 Å². The van der Waals surface area contributed by atoms with E-state index in [9.17, 15) is 13.6 Å². The van der Waals surface area contributed by atoms with Gasteiger partial charge in [0.25, 0.3) is 0 Å². The summed E-state index contributed by atoms with van der Waals surface area (Å²) in [5.41, 5.74) is -0.680. The van der Waals surface area contributed by atoms with E-state index in [-0.39, 0.29) is 5.69 Å². The van der Waals surface area contributed by atoms with E-state index in [4.69, 9.17) is 5.11 Å². The molecule has 5 heteroatoms. The monoisotopic (exact) mass is 309 g/mol. The number of aromatic carboxylic acids is 1. The van der Waals surface area contributed by atoms with Gasteiger partial charge >= 0.3 is 5.97 Å². The third-order valence-corrected chi connectivity index (χ3v) is 4.04. The minimum Gasteiger partial charge on any atom is -0.477 e. The van der Waals surface area contributed by atoms with Gasteiger partial charge in [0, 0.05) is 12.2 Å². The maximum Gasteiger partial charge on any atom is 0.341 e. The zero-order valence-corrected chi connectivity index (χ0v) is 12.4. The van der Waals surface area contributed by atoms with Crippen LogP contribution in [0.5, 0.6) is 0 Å². The highest BCUT2D eigenvalue weighted by Gasteiger charge is 2.17. The van der Waals surface area contributed by atoms with Crippen LogP contribution in [0.2, 0.25) is 0 Å². The van der Waals surface area contributed by atoms with Gasteiger partial charge in [0.2, 0.25) is 0 Å². The third kappa shape index (κ3) is 4.55. The summed E-state index contributed by atoms with van der Waals surface area (Å²) in [5, 5.41) is 11.6. The number of allylic oxidation sites excluding steroid dienone is 1. The zero-order valence-electron chi connectivity index (χ0n) is 12.4. The fourth-order valence-corrected chi connectivity index (χ4v) is 2.85. The standard InChI is InChI=1S/C17H21F2NO2/c18-14-10-13(11-15(19)16(14)17(21)22)20-9-5-4-8-12-6-2-1-3-7-12/h4-5,10-12,20H,1-3,6-9H2,(H,21,22). The van der Waals surface area contributed by atoms with Crippen molar-refractivity contribution in [2.75, 3.05) is 11.9 Å². The van der Waals surface area contributed by atoms with Crippen molar-refractivity contribution in [3.8, 4) is 0 Å². The minimum absolute atomic E-state index is 0.238. The van der Waals surface area contributed by atoms with Crippen LogP contribution in [-0.2, 0) is 0 Å². The molecule has 0 saturated heterocycles. The van der Waals surface area contributed by atoms with E-state index in [0.29, 0.717) is 6.54 Å². The Morgan fingerprint density at radius 3 is 2.41 bits per heavy atom. The first-order valence-corrected chi connectivity index (χ1v) is 7.69. The molecule has 0 spiro atoms. The second kappa shape index (κ2) is 7.92. The molecule has 1 aliphatic carbocycles. The lowest BCUT2D eigenvalue weighted by Gasteiger charge is -2.19. The van der Waals surface area contributed by atoms with Crippen LogP contribution in [0, 0.1) is 17.6 Å². The molecule has 2 rings (SSSR count). The van der Waals surface area contributed by atoms with E-state index in [1.54, 1.807) is 0 Å². The molecule has 1 aliphatic rings. The quantitative estimate of drug-likeness (QED) is 0.755. The van der Waals surface area contributed by atoms with Crippen LogP contribution < -0.4 is 5.32 Å². The molecule has 0 aromatic heterocycles. The Labute approximate surface area is 129 Å². The largest absolute Gasteiger partial charge is 0.477 e. The van der Waals surface area contributed by atoms with Crippen molar-refractivity contribution >= 4 is 11.7 Å². The smallest absolute Gasteiger partial charge is 0.341 e. The average Bonchev–Trinajstić information content (AvgIpc) is 2.47. The van der Waals surface area contributed by atoms with E-state index in [1.165, 1.54) is 32.1 Å². The molecule has 0 amide bonds. The Bertz CT molecular complexity index is 529. The summed E-state index contributed by atoms with van der Waals surface area (Å²) >= 11 is 0. The molecule has 1 saturated carbocycles. The first-order valence-electron chi connectivity index (χ1n) is 7.69. The van der Waals surface area contributed by atoms with Crippen LogP contribution in [0.15, 0.2) is 24.3 Å². The van der Waals surface area contributed by atoms with Crippen molar-refractivity contribution in [3.05, 3.63) is 41.5 Å². The molecule has 22 heavy (non-hydrogen) atoms. The number of hydrogen-bond acceptors (Lipinski definition) is 2. The third-order valence-electron chi connectivity index (χ3n) is 4.04. The summed E-state index contributed by atoms with van der Waals surface area (Å²) in [7, 11) is 0. The van der Waals surface area contributed by atoms with Gasteiger partial charge in [0.1, 0.15) is 17.2 Å². The minimum atomic E-state index is -1.60. The zero-order chi connectivity index (χ0) is 15.9. The Morgan fingerprint density at radius 1 is 1.18 bits per heavy atom. The van der Waals surface area contributed by atoms with Crippen LogP contribution in [0.3, 0.4) is 0 Å². The molecule has 3 nitrogen and oxygen atoms in total. The second-order valence-electron chi connectivity index (χ2n) is 5.71. The molecule has 120 valence electrons. The van der Waals surface area contributed by atoms with E-state index in [1.807, 2.05) is 6.08 Å². The van der Waals surface area contributed by atoms with Crippen LogP contribution in [0.1, 0.15) is 48.9 Å². The molecule has 0 aliphatic heterocycles. The lowest BCUT2D eigenvalue weighted by Crippen LogP contribution is -2.07. The van der Waals surface area contributed by atoms with Crippen molar-refractivity contribution in [1.82, 2.24) is 0 Å². The summed E-state index contributed by atoms with van der Waals surface area (Å²) in [5.74, 6) is -2.98. The number of carboxylic acids is 1. The highest BCUT2D eigenvalue weighted by Crippen LogP contribution is 2.26. The van der Waals surface area contributed by atoms with Gasteiger partial charge in [0.05, 0.1) is 0 Å². The number of halogens is 2. The maximum absolute atomic E-state index is 13.5. The van der Waals surface area contributed by atoms with Gasteiger partial charge in [-0.2, -0.15) is 0 Å². The molecular formula is C17H21F2NO2. The van der Waals surface area contributed by atoms with Gasteiger partial charge in [-0.1, -0.05) is 44.3 Å². The van der Waals surface area contributed by atoms with Crippen molar-refractivity contribution in [2.24, 2.45) is 5.92 Å². The van der Waals surface area contributed by atoms with Gasteiger partial charge in [-0.05, 0) is 24.5 Å². The normalized spacial score (nSPS) is 16.1. The number of rotatable bonds is 6. The molecule has 0 radical (unpaired) electrons. The number of nitrogens with one attached hydrogen (secondary N) is 1. The Hall–Kier alpha value is -1.91. The molecule has 0 atom stereocenters. The predicted molar refractivity (Wildman–Crippen MR) is 82.1 cm³/mol. The van der Waals surface area contributed by atoms with Crippen molar-refractivity contribution in [3.63, 3.8) is 0 Å². The SMILES string of the molecule is O=C(O)c1c(F)cc(NCC=CCC2CCCCC2)cc1F. The molecule has 0 unspecified atom stereocenters. The van der Waals surface area contributed by atoms with Gasteiger partial charge in [-0.15, -0.1) is 0 Å². The van der Waals surface area contributed by atoms with Gasteiger partial charge in [-0.3, -0.25) is 0 Å². The molecule has 1 fully saturated rings. The van der Waals surface area contributed by atoms with E-state index in [2.05, 4.69) is 11.4 Å². The molecule has 2 N–H and O–H groups in total. The highest BCUT2D eigenvalue weighted by atomic mass is 19.1. The van der Waals surface area contributed by atoms with Crippen molar-refractivity contribution in [1.29, 1.82) is 0 Å². The topological polar surface area (TPSA) is 49.3 Å². The second-order valence-corrected chi connectivity index (χ2v) is 5.71. The van der Waals surface area contributed by atoms with Crippen molar-refractivity contribution < 1.29 is 18.7 Å². The molecule has 0 heterocycles. The van der Waals surface area contributed by atoms with Crippen LogP contribution in [0.25, 0.3) is 0 Å². The lowest BCUT2D eigenvalue weighted by molar-refractivity contribution is 0.0686. The van der Waals surface area contributed by atoms with Gasteiger partial charge in [-0.25, -0.2) is 13.6 Å². The number of benzene rings is 1. The number of anilines is 1. The van der Waals surface area contributed by atoms with Crippen LogP contribution >= 0.6 is 0 Å². The van der Waals surface area contributed by atoms with Crippen LogP contribution in [-0.4, -0.2) is 17.6 Å². The summed E-state index contributed by atoms with van der Waals surface area (Å²) in [6.07, 6.45) is 11.6. The summed E-state index contributed by atoms with van der Waals surface area (Å²) in [6, 6.07) is 2.00. The summed E-state index contributed by atoms with van der Waals surface area (Å²) in [6.45, 7) is 0.456. The summed E-state index contributed by atoms with van der Waals surface area (Å²) in [4.78, 5) is 10.7. The number of hydrogen-bond donors (Lipinski definition) is 2. The highest BCUT2D eigenvalue weighted by molar-refractivity contribution is 5.88. The Morgan fingerprint density at radius 2 is 1.82 bits per heavy atom.